The molecule has 1 N–H and O–H groups in total. The van der Waals surface area contributed by atoms with Gasteiger partial charge in [-0.05, 0) is 53.8 Å². The topological polar surface area (TPSA) is 33.1 Å². The number of hydrogen-bond acceptors (Lipinski definition) is 2. The molecule has 3 rings (SSSR count). The first kappa shape index (κ1) is 14.5. The molecule has 1 heterocycles. The van der Waals surface area contributed by atoms with Crippen molar-refractivity contribution < 1.29 is 9.50 Å². The summed E-state index contributed by atoms with van der Waals surface area (Å²) in [5.74, 6) is -0.431. The molecule has 0 aliphatic rings. The molecule has 0 aliphatic heterocycles. The molecule has 0 atom stereocenters. The second-order valence-corrected chi connectivity index (χ2v) is 5.91. The molecule has 22 heavy (non-hydrogen) atoms. The fourth-order valence-corrected chi connectivity index (χ4v) is 2.81. The summed E-state index contributed by atoms with van der Waals surface area (Å²) in [5, 5.41) is 11.2. The van der Waals surface area contributed by atoms with Crippen LogP contribution in [-0.2, 0) is 0 Å². The maximum atomic E-state index is 14.2. The van der Waals surface area contributed by atoms with Gasteiger partial charge in [-0.25, -0.2) is 4.39 Å². The Morgan fingerprint density at radius 2 is 1.82 bits per heavy atom. The van der Waals surface area contributed by atoms with Crippen molar-refractivity contribution in [1.29, 1.82) is 0 Å². The van der Waals surface area contributed by atoms with Gasteiger partial charge in [0.1, 0.15) is 11.6 Å². The Morgan fingerprint density at radius 1 is 1.05 bits per heavy atom. The van der Waals surface area contributed by atoms with Gasteiger partial charge in [0, 0.05) is 17.1 Å². The Kier molecular flexibility index (Phi) is 3.57. The van der Waals surface area contributed by atoms with E-state index in [-0.39, 0.29) is 17.5 Å². The first-order valence-corrected chi connectivity index (χ1v) is 7.35. The normalized spacial score (nSPS) is 11.3. The average molecular weight is 295 g/mol. The molecule has 0 amide bonds. The van der Waals surface area contributed by atoms with Crippen molar-refractivity contribution in [2.75, 3.05) is 0 Å². The number of rotatable bonds is 2. The summed E-state index contributed by atoms with van der Waals surface area (Å²) in [6.45, 7) is 5.76. The summed E-state index contributed by atoms with van der Waals surface area (Å²) < 4.78 is 14.2. The van der Waals surface area contributed by atoms with E-state index in [1.165, 1.54) is 6.07 Å². The first-order valence-electron chi connectivity index (χ1n) is 7.35. The van der Waals surface area contributed by atoms with Gasteiger partial charge in [0.2, 0.25) is 0 Å². The minimum Gasteiger partial charge on any atom is -0.508 e. The van der Waals surface area contributed by atoms with E-state index >= 15 is 0 Å². The summed E-state index contributed by atoms with van der Waals surface area (Å²) in [6.07, 6.45) is 1.77. The number of nitrogens with zero attached hydrogens (tertiary/aromatic N) is 1. The molecule has 0 bridgehead atoms. The summed E-state index contributed by atoms with van der Waals surface area (Å²) in [5.41, 5.74) is 3.88. The molecule has 112 valence electrons. The number of hydrogen-bond donors (Lipinski definition) is 1. The molecular weight excluding hydrogens is 277 g/mol. The Morgan fingerprint density at radius 3 is 2.50 bits per heavy atom. The summed E-state index contributed by atoms with van der Waals surface area (Å²) in [4.78, 5) is 4.36. The van der Waals surface area contributed by atoms with Crippen LogP contribution in [0.3, 0.4) is 0 Å². The molecule has 2 nitrogen and oxygen atoms in total. The quantitative estimate of drug-likeness (QED) is 0.706. The number of aromatic hydroxyl groups is 1. The molecule has 1 aromatic heterocycles. The van der Waals surface area contributed by atoms with E-state index in [1.54, 1.807) is 12.3 Å². The maximum Gasteiger partial charge on any atom is 0.130 e. The van der Waals surface area contributed by atoms with E-state index in [2.05, 4.69) is 4.98 Å². The number of phenolic OH excluding ortho intramolecular Hbond substituents is 1. The third-order valence-corrected chi connectivity index (χ3v) is 3.98. The van der Waals surface area contributed by atoms with Crippen molar-refractivity contribution in [3.8, 4) is 16.9 Å². The van der Waals surface area contributed by atoms with Crippen molar-refractivity contribution in [2.45, 2.75) is 26.7 Å². The van der Waals surface area contributed by atoms with E-state index in [4.69, 9.17) is 0 Å². The van der Waals surface area contributed by atoms with Crippen molar-refractivity contribution in [3.05, 3.63) is 59.5 Å². The molecule has 0 spiro atoms. The molecular formula is C19H18FNO. The standard InChI is InChI=1S/C19H18FNO/c1-11(2)19-16(20)8-14(10-18(19)22)13-4-5-15-12(3)6-7-21-17(15)9-13/h4-11,22H,1-3H3. The molecule has 2 aromatic carbocycles. The van der Waals surface area contributed by atoms with Gasteiger partial charge in [0.05, 0.1) is 5.52 Å². The second-order valence-electron chi connectivity index (χ2n) is 5.91. The summed E-state index contributed by atoms with van der Waals surface area (Å²) >= 11 is 0. The lowest BCUT2D eigenvalue weighted by atomic mass is 9.96. The van der Waals surface area contributed by atoms with Crippen molar-refractivity contribution in [3.63, 3.8) is 0 Å². The summed E-state index contributed by atoms with van der Waals surface area (Å²) in [7, 11) is 0. The van der Waals surface area contributed by atoms with Crippen LogP contribution >= 0.6 is 0 Å². The van der Waals surface area contributed by atoms with Crippen LogP contribution in [-0.4, -0.2) is 10.1 Å². The predicted molar refractivity (Wildman–Crippen MR) is 87.6 cm³/mol. The predicted octanol–water partition coefficient (Wildman–Crippen LogP) is 5.18. The molecule has 0 fully saturated rings. The van der Waals surface area contributed by atoms with Gasteiger partial charge in [-0.1, -0.05) is 26.0 Å². The van der Waals surface area contributed by atoms with E-state index in [1.807, 2.05) is 45.0 Å². The molecule has 3 aromatic rings. The Bertz CT molecular complexity index is 832. The summed E-state index contributed by atoms with van der Waals surface area (Å²) in [6, 6.07) is 10.9. The van der Waals surface area contributed by atoms with E-state index in [9.17, 15) is 9.50 Å². The van der Waals surface area contributed by atoms with Crippen LogP contribution in [0.25, 0.3) is 22.0 Å². The van der Waals surface area contributed by atoms with Gasteiger partial charge in [-0.2, -0.15) is 0 Å². The van der Waals surface area contributed by atoms with Crippen molar-refractivity contribution in [1.82, 2.24) is 4.98 Å². The van der Waals surface area contributed by atoms with Crippen molar-refractivity contribution in [2.24, 2.45) is 0 Å². The highest BCUT2D eigenvalue weighted by molar-refractivity contribution is 5.86. The average Bonchev–Trinajstić information content (AvgIpc) is 2.46. The highest BCUT2D eigenvalue weighted by Crippen LogP contribution is 2.34. The van der Waals surface area contributed by atoms with Crippen LogP contribution in [0.1, 0.15) is 30.9 Å². The van der Waals surface area contributed by atoms with Gasteiger partial charge in [0.25, 0.3) is 0 Å². The lowest BCUT2D eigenvalue weighted by Crippen LogP contribution is -1.95. The molecule has 0 unspecified atom stereocenters. The van der Waals surface area contributed by atoms with E-state index in [0.717, 1.165) is 22.0 Å². The number of aromatic nitrogens is 1. The number of aryl methyl sites for hydroxylation is 1. The monoisotopic (exact) mass is 295 g/mol. The number of fused-ring (bicyclic) bond motifs is 1. The fourth-order valence-electron chi connectivity index (χ4n) is 2.81. The van der Waals surface area contributed by atoms with Crippen LogP contribution < -0.4 is 0 Å². The van der Waals surface area contributed by atoms with Crippen molar-refractivity contribution >= 4 is 10.9 Å². The molecule has 0 saturated heterocycles. The Balaban J connectivity index is 2.15. The van der Waals surface area contributed by atoms with Gasteiger partial charge in [-0.3, -0.25) is 4.98 Å². The highest BCUT2D eigenvalue weighted by Gasteiger charge is 2.14. The van der Waals surface area contributed by atoms with Crippen LogP contribution in [0.4, 0.5) is 4.39 Å². The lowest BCUT2D eigenvalue weighted by Gasteiger charge is -2.12. The van der Waals surface area contributed by atoms with Gasteiger partial charge in [0.15, 0.2) is 0 Å². The SMILES string of the molecule is Cc1ccnc2cc(-c3cc(O)c(C(C)C)c(F)c3)ccc12. The van der Waals surface area contributed by atoms with Gasteiger partial charge < -0.3 is 5.11 Å². The van der Waals surface area contributed by atoms with Crippen LogP contribution in [0.15, 0.2) is 42.6 Å². The number of benzene rings is 2. The van der Waals surface area contributed by atoms with Crippen LogP contribution in [0.2, 0.25) is 0 Å². The first-order chi connectivity index (χ1) is 10.5. The van der Waals surface area contributed by atoms with E-state index < -0.39 is 0 Å². The smallest absolute Gasteiger partial charge is 0.130 e. The molecule has 0 radical (unpaired) electrons. The minimum atomic E-state index is -0.373. The van der Waals surface area contributed by atoms with Crippen LogP contribution in [0.5, 0.6) is 5.75 Å². The highest BCUT2D eigenvalue weighted by atomic mass is 19.1. The zero-order chi connectivity index (χ0) is 15.9. The fraction of sp³-hybridized carbons (Fsp3) is 0.211. The van der Waals surface area contributed by atoms with Crippen LogP contribution in [0, 0.1) is 12.7 Å². The van der Waals surface area contributed by atoms with Gasteiger partial charge in [-0.15, -0.1) is 0 Å². The number of halogens is 1. The second kappa shape index (κ2) is 5.41. The minimum absolute atomic E-state index is 0.00213. The Labute approximate surface area is 129 Å². The third kappa shape index (κ3) is 2.43. The zero-order valence-corrected chi connectivity index (χ0v) is 12.9. The molecule has 0 aliphatic carbocycles. The lowest BCUT2D eigenvalue weighted by molar-refractivity contribution is 0.454. The third-order valence-electron chi connectivity index (χ3n) is 3.98. The number of pyridine rings is 1. The zero-order valence-electron chi connectivity index (χ0n) is 12.9. The maximum absolute atomic E-state index is 14.2. The molecule has 0 saturated carbocycles. The molecule has 3 heteroatoms. The van der Waals surface area contributed by atoms with E-state index in [0.29, 0.717) is 11.1 Å². The van der Waals surface area contributed by atoms with Gasteiger partial charge >= 0.3 is 0 Å². The number of phenols is 1. The largest absolute Gasteiger partial charge is 0.508 e. The Hall–Kier alpha value is -2.42.